The van der Waals surface area contributed by atoms with Crippen LogP contribution in [0.2, 0.25) is 0 Å². The molecule has 6 nitrogen and oxygen atoms in total. The van der Waals surface area contributed by atoms with Crippen LogP contribution in [-0.2, 0) is 9.63 Å². The summed E-state index contributed by atoms with van der Waals surface area (Å²) < 4.78 is 45.3. The molecular formula is C18H15F3N2O4. The molecule has 142 valence electrons. The van der Waals surface area contributed by atoms with Crippen molar-refractivity contribution in [3.05, 3.63) is 54.1 Å². The Kier molecular flexibility index (Phi) is 5.20. The Balaban J connectivity index is 1.56. The number of hydrogen-bond donors (Lipinski definition) is 1. The van der Waals surface area contributed by atoms with Crippen LogP contribution < -0.4 is 14.8 Å². The van der Waals surface area contributed by atoms with Crippen LogP contribution in [0.15, 0.2) is 53.7 Å². The Labute approximate surface area is 152 Å². The fraction of sp³-hybridized carbons (Fsp3) is 0.222. The lowest BCUT2D eigenvalue weighted by Crippen LogP contribution is -2.28. The van der Waals surface area contributed by atoms with Gasteiger partial charge in [0.15, 0.2) is 0 Å². The standard InChI is InChI=1S/C18H15F3N2O4/c1-25-13-6-2-11(3-7-13)15-10-16(27-23-15)17(24)22-12-4-8-14(9-5-12)26-18(19,20)21/h2-9,16H,10H2,1H3,(H,22,24). The Morgan fingerprint density at radius 3 is 2.33 bits per heavy atom. The third-order valence-electron chi connectivity index (χ3n) is 3.74. The summed E-state index contributed by atoms with van der Waals surface area (Å²) in [5.74, 6) is -0.125. The molecule has 0 radical (unpaired) electrons. The van der Waals surface area contributed by atoms with Crippen molar-refractivity contribution < 1.29 is 32.3 Å². The molecule has 1 aliphatic rings. The van der Waals surface area contributed by atoms with Gasteiger partial charge in [0.1, 0.15) is 11.5 Å². The van der Waals surface area contributed by atoms with Gasteiger partial charge in [0.2, 0.25) is 6.10 Å². The summed E-state index contributed by atoms with van der Waals surface area (Å²) in [5.41, 5.74) is 1.74. The minimum absolute atomic E-state index is 0.271. The van der Waals surface area contributed by atoms with Crippen molar-refractivity contribution in [3.8, 4) is 11.5 Å². The average Bonchev–Trinajstić information content (AvgIpc) is 3.12. The van der Waals surface area contributed by atoms with E-state index in [1.165, 1.54) is 12.1 Å². The summed E-state index contributed by atoms with van der Waals surface area (Å²) in [4.78, 5) is 17.4. The van der Waals surface area contributed by atoms with Gasteiger partial charge in [-0.1, -0.05) is 5.16 Å². The molecule has 2 aromatic rings. The molecule has 1 unspecified atom stereocenters. The number of amides is 1. The van der Waals surface area contributed by atoms with E-state index in [2.05, 4.69) is 15.2 Å². The van der Waals surface area contributed by atoms with Crippen LogP contribution in [0, 0.1) is 0 Å². The highest BCUT2D eigenvalue weighted by atomic mass is 19.4. The van der Waals surface area contributed by atoms with Crippen molar-refractivity contribution >= 4 is 17.3 Å². The van der Waals surface area contributed by atoms with Crippen LogP contribution in [0.5, 0.6) is 11.5 Å². The molecule has 0 saturated heterocycles. The number of carbonyl (C=O) groups excluding carboxylic acids is 1. The van der Waals surface area contributed by atoms with Gasteiger partial charge in [-0.15, -0.1) is 13.2 Å². The highest BCUT2D eigenvalue weighted by Gasteiger charge is 2.31. The number of halogens is 3. The van der Waals surface area contributed by atoms with Crippen molar-refractivity contribution in [2.45, 2.75) is 18.9 Å². The molecule has 1 N–H and O–H groups in total. The molecule has 0 saturated carbocycles. The maximum atomic E-state index is 12.3. The third-order valence-corrected chi connectivity index (χ3v) is 3.74. The predicted molar refractivity (Wildman–Crippen MR) is 90.8 cm³/mol. The van der Waals surface area contributed by atoms with Gasteiger partial charge in [0.25, 0.3) is 5.91 Å². The number of carbonyl (C=O) groups is 1. The largest absolute Gasteiger partial charge is 0.573 e. The number of methoxy groups -OCH3 is 1. The lowest BCUT2D eigenvalue weighted by atomic mass is 10.0. The van der Waals surface area contributed by atoms with E-state index < -0.39 is 18.4 Å². The number of ether oxygens (including phenoxy) is 2. The van der Waals surface area contributed by atoms with Gasteiger partial charge in [0.05, 0.1) is 12.8 Å². The molecule has 0 bridgehead atoms. The number of benzene rings is 2. The first kappa shape index (κ1) is 18.6. The predicted octanol–water partition coefficient (Wildman–Crippen LogP) is 3.73. The molecule has 9 heteroatoms. The second kappa shape index (κ2) is 7.56. The molecule has 1 aliphatic heterocycles. The molecule has 27 heavy (non-hydrogen) atoms. The SMILES string of the molecule is COc1ccc(C2=NOC(C(=O)Nc3ccc(OC(F)(F)F)cc3)C2)cc1. The fourth-order valence-corrected chi connectivity index (χ4v) is 2.43. The first-order chi connectivity index (χ1) is 12.8. The summed E-state index contributed by atoms with van der Waals surface area (Å²) in [5, 5.41) is 6.50. The molecule has 0 fully saturated rings. The zero-order valence-corrected chi connectivity index (χ0v) is 14.1. The summed E-state index contributed by atoms with van der Waals surface area (Å²) in [6.07, 6.45) is -5.32. The average molecular weight is 380 g/mol. The lowest BCUT2D eigenvalue weighted by molar-refractivity contribution is -0.274. The number of nitrogens with zero attached hydrogens (tertiary/aromatic N) is 1. The quantitative estimate of drug-likeness (QED) is 0.858. The van der Waals surface area contributed by atoms with Gasteiger partial charge in [0, 0.05) is 12.1 Å². The zero-order valence-electron chi connectivity index (χ0n) is 14.1. The van der Waals surface area contributed by atoms with Gasteiger partial charge in [-0.3, -0.25) is 4.79 Å². The molecule has 2 aromatic carbocycles. The van der Waals surface area contributed by atoms with Crippen molar-refractivity contribution in [1.82, 2.24) is 0 Å². The lowest BCUT2D eigenvalue weighted by Gasteiger charge is -2.11. The molecular weight excluding hydrogens is 365 g/mol. The third kappa shape index (κ3) is 4.90. The van der Waals surface area contributed by atoms with Crippen molar-refractivity contribution in [1.29, 1.82) is 0 Å². The highest BCUT2D eigenvalue weighted by Crippen LogP contribution is 2.25. The summed E-state index contributed by atoms with van der Waals surface area (Å²) in [6, 6.07) is 12.0. The summed E-state index contributed by atoms with van der Waals surface area (Å²) in [6.45, 7) is 0. The number of alkyl halides is 3. The normalized spacial score (nSPS) is 16.3. The van der Waals surface area contributed by atoms with Crippen molar-refractivity contribution in [3.63, 3.8) is 0 Å². The van der Waals surface area contributed by atoms with Crippen LogP contribution >= 0.6 is 0 Å². The zero-order chi connectivity index (χ0) is 19.4. The van der Waals surface area contributed by atoms with Gasteiger partial charge in [-0.25, -0.2) is 0 Å². The maximum Gasteiger partial charge on any atom is 0.573 e. The number of anilines is 1. The minimum atomic E-state index is -4.77. The molecule has 0 aliphatic carbocycles. The van der Waals surface area contributed by atoms with E-state index >= 15 is 0 Å². The smallest absolute Gasteiger partial charge is 0.497 e. The van der Waals surface area contributed by atoms with E-state index in [0.717, 1.165) is 17.7 Å². The second-order valence-electron chi connectivity index (χ2n) is 5.63. The van der Waals surface area contributed by atoms with E-state index in [9.17, 15) is 18.0 Å². The molecule has 0 aromatic heterocycles. The topological polar surface area (TPSA) is 69.2 Å². The van der Waals surface area contributed by atoms with Gasteiger partial charge < -0.3 is 19.6 Å². The Morgan fingerprint density at radius 1 is 1.11 bits per heavy atom. The summed E-state index contributed by atoms with van der Waals surface area (Å²) >= 11 is 0. The van der Waals surface area contributed by atoms with Gasteiger partial charge in [-0.05, 0) is 54.1 Å². The van der Waals surface area contributed by atoms with Gasteiger partial charge >= 0.3 is 6.36 Å². The second-order valence-corrected chi connectivity index (χ2v) is 5.63. The van der Waals surface area contributed by atoms with E-state index in [4.69, 9.17) is 9.57 Å². The fourth-order valence-electron chi connectivity index (χ4n) is 2.43. The monoisotopic (exact) mass is 380 g/mol. The molecule has 1 heterocycles. The molecule has 3 rings (SSSR count). The first-order valence-corrected chi connectivity index (χ1v) is 7.88. The first-order valence-electron chi connectivity index (χ1n) is 7.88. The van der Waals surface area contributed by atoms with Crippen LogP contribution in [-0.4, -0.2) is 31.2 Å². The molecule has 0 spiro atoms. The number of nitrogens with one attached hydrogen (secondary N) is 1. The van der Waals surface area contributed by atoms with Crippen LogP contribution in [0.25, 0.3) is 0 Å². The number of rotatable bonds is 5. The summed E-state index contributed by atoms with van der Waals surface area (Å²) in [7, 11) is 1.56. The van der Waals surface area contributed by atoms with Gasteiger partial charge in [-0.2, -0.15) is 0 Å². The number of oxime groups is 1. The van der Waals surface area contributed by atoms with E-state index in [1.54, 1.807) is 31.4 Å². The Bertz CT molecular complexity index is 833. The highest BCUT2D eigenvalue weighted by molar-refractivity contribution is 6.06. The minimum Gasteiger partial charge on any atom is -0.497 e. The maximum absolute atomic E-state index is 12.3. The number of hydrogen-bond acceptors (Lipinski definition) is 5. The van der Waals surface area contributed by atoms with E-state index in [0.29, 0.717) is 17.1 Å². The molecule has 1 atom stereocenters. The van der Waals surface area contributed by atoms with E-state index in [1.807, 2.05) is 0 Å². The van der Waals surface area contributed by atoms with E-state index in [-0.39, 0.29) is 12.2 Å². The Hall–Kier alpha value is -3.23. The van der Waals surface area contributed by atoms with Crippen molar-refractivity contribution in [2.75, 3.05) is 12.4 Å². The molecule has 1 amide bonds. The van der Waals surface area contributed by atoms with Crippen LogP contribution in [0.3, 0.4) is 0 Å². The van der Waals surface area contributed by atoms with Crippen LogP contribution in [0.4, 0.5) is 18.9 Å². The Morgan fingerprint density at radius 2 is 1.74 bits per heavy atom. The van der Waals surface area contributed by atoms with Crippen molar-refractivity contribution in [2.24, 2.45) is 5.16 Å². The van der Waals surface area contributed by atoms with Crippen LogP contribution in [0.1, 0.15) is 12.0 Å².